The number of ether oxygens (including phenoxy) is 1. The second-order valence-electron chi connectivity index (χ2n) is 4.16. The molecule has 0 aromatic heterocycles. The highest BCUT2D eigenvalue weighted by atomic mass is 16.5. The summed E-state index contributed by atoms with van der Waals surface area (Å²) >= 11 is 0. The number of piperidine rings is 1. The molecule has 1 aliphatic rings. The Kier molecular flexibility index (Phi) is 5.05. The first-order chi connectivity index (χ1) is 7.25. The second-order valence-corrected chi connectivity index (χ2v) is 4.16. The molecular formula is C11H22N2O2. The maximum absolute atomic E-state index is 12.0. The molecule has 1 aliphatic heterocycles. The van der Waals surface area contributed by atoms with Gasteiger partial charge in [0, 0.05) is 20.2 Å². The third kappa shape index (κ3) is 3.18. The zero-order valence-electron chi connectivity index (χ0n) is 9.77. The van der Waals surface area contributed by atoms with Crippen LogP contribution in [0.2, 0.25) is 0 Å². The van der Waals surface area contributed by atoms with E-state index < -0.39 is 0 Å². The quantitative estimate of drug-likeness (QED) is 0.656. The Balaban J connectivity index is 2.45. The van der Waals surface area contributed by atoms with E-state index in [1.54, 1.807) is 7.11 Å². The van der Waals surface area contributed by atoms with Crippen LogP contribution >= 0.6 is 0 Å². The molecule has 4 nitrogen and oxygen atoms in total. The van der Waals surface area contributed by atoms with Crippen LogP contribution in [0.5, 0.6) is 0 Å². The summed E-state index contributed by atoms with van der Waals surface area (Å²) < 4.78 is 4.92. The molecule has 0 aliphatic carbocycles. The fourth-order valence-electron chi connectivity index (χ4n) is 2.08. The van der Waals surface area contributed by atoms with Crippen molar-refractivity contribution in [1.29, 1.82) is 0 Å². The number of rotatable bonds is 5. The monoisotopic (exact) mass is 214 g/mol. The van der Waals surface area contributed by atoms with Crippen LogP contribution in [0, 0.1) is 5.41 Å². The number of carbonyl (C=O) groups is 1. The molecule has 88 valence electrons. The molecule has 0 bridgehead atoms. The first-order valence-corrected chi connectivity index (χ1v) is 5.73. The zero-order valence-corrected chi connectivity index (χ0v) is 9.77. The van der Waals surface area contributed by atoms with Crippen molar-refractivity contribution in [1.82, 2.24) is 10.6 Å². The summed E-state index contributed by atoms with van der Waals surface area (Å²) in [5.74, 6) is 0.175. The van der Waals surface area contributed by atoms with Gasteiger partial charge in [0.15, 0.2) is 0 Å². The number of methoxy groups -OCH3 is 1. The summed E-state index contributed by atoms with van der Waals surface area (Å²) in [5.41, 5.74) is -0.189. The van der Waals surface area contributed by atoms with Crippen LogP contribution in [-0.2, 0) is 9.53 Å². The van der Waals surface area contributed by atoms with Crippen molar-refractivity contribution < 1.29 is 9.53 Å². The van der Waals surface area contributed by atoms with E-state index in [2.05, 4.69) is 17.6 Å². The Hall–Kier alpha value is -0.610. The Bertz CT molecular complexity index is 201. The molecular weight excluding hydrogens is 192 g/mol. The molecule has 15 heavy (non-hydrogen) atoms. The van der Waals surface area contributed by atoms with Crippen molar-refractivity contribution in [2.24, 2.45) is 5.41 Å². The van der Waals surface area contributed by atoms with Crippen molar-refractivity contribution in [3.05, 3.63) is 0 Å². The largest absolute Gasteiger partial charge is 0.383 e. The molecule has 0 spiro atoms. The van der Waals surface area contributed by atoms with E-state index in [1.165, 1.54) is 0 Å². The lowest BCUT2D eigenvalue weighted by Crippen LogP contribution is -2.50. The molecule has 1 atom stereocenters. The van der Waals surface area contributed by atoms with E-state index in [4.69, 9.17) is 4.74 Å². The van der Waals surface area contributed by atoms with Gasteiger partial charge in [-0.05, 0) is 25.8 Å². The summed E-state index contributed by atoms with van der Waals surface area (Å²) in [6, 6.07) is 0. The predicted octanol–water partition coefficient (Wildman–Crippen LogP) is 0.529. The van der Waals surface area contributed by atoms with Gasteiger partial charge >= 0.3 is 0 Å². The summed E-state index contributed by atoms with van der Waals surface area (Å²) in [5, 5.41) is 6.25. The highest BCUT2D eigenvalue weighted by Crippen LogP contribution is 2.29. The van der Waals surface area contributed by atoms with Crippen LogP contribution in [0.25, 0.3) is 0 Å². The molecule has 1 saturated heterocycles. The maximum atomic E-state index is 12.0. The molecule has 0 saturated carbocycles. The average Bonchev–Trinajstić information content (AvgIpc) is 2.30. The number of amides is 1. The summed E-state index contributed by atoms with van der Waals surface area (Å²) in [6.45, 7) is 5.12. The normalized spacial score (nSPS) is 26.3. The number of hydrogen-bond acceptors (Lipinski definition) is 3. The molecule has 1 rings (SSSR count). The highest BCUT2D eigenvalue weighted by Gasteiger charge is 2.37. The van der Waals surface area contributed by atoms with Crippen LogP contribution in [0.15, 0.2) is 0 Å². The van der Waals surface area contributed by atoms with Gasteiger partial charge in [-0.25, -0.2) is 0 Å². The minimum Gasteiger partial charge on any atom is -0.383 e. The van der Waals surface area contributed by atoms with Crippen LogP contribution in [0.1, 0.15) is 26.2 Å². The van der Waals surface area contributed by atoms with E-state index in [-0.39, 0.29) is 11.3 Å². The van der Waals surface area contributed by atoms with Gasteiger partial charge in [-0.2, -0.15) is 0 Å². The van der Waals surface area contributed by atoms with Crippen molar-refractivity contribution in [2.45, 2.75) is 26.2 Å². The molecule has 1 heterocycles. The lowest BCUT2D eigenvalue weighted by Gasteiger charge is -2.35. The molecule has 4 heteroatoms. The number of hydrogen-bond donors (Lipinski definition) is 2. The fourth-order valence-corrected chi connectivity index (χ4v) is 2.08. The molecule has 0 aromatic carbocycles. The lowest BCUT2D eigenvalue weighted by atomic mass is 9.77. The summed E-state index contributed by atoms with van der Waals surface area (Å²) in [6.07, 6.45) is 2.99. The number of carbonyl (C=O) groups excluding carboxylic acids is 1. The Morgan fingerprint density at radius 3 is 2.93 bits per heavy atom. The Labute approximate surface area is 91.8 Å². The lowest BCUT2D eigenvalue weighted by molar-refractivity contribution is -0.132. The molecule has 1 fully saturated rings. The Morgan fingerprint density at radius 1 is 1.60 bits per heavy atom. The fraction of sp³-hybridized carbons (Fsp3) is 0.909. The van der Waals surface area contributed by atoms with E-state index in [1.807, 2.05) is 0 Å². The van der Waals surface area contributed by atoms with E-state index in [9.17, 15) is 4.79 Å². The smallest absolute Gasteiger partial charge is 0.227 e. The van der Waals surface area contributed by atoms with Crippen LogP contribution < -0.4 is 10.6 Å². The van der Waals surface area contributed by atoms with Gasteiger partial charge in [-0.15, -0.1) is 0 Å². The van der Waals surface area contributed by atoms with Crippen LogP contribution in [0.3, 0.4) is 0 Å². The van der Waals surface area contributed by atoms with Gasteiger partial charge in [0.05, 0.1) is 12.0 Å². The van der Waals surface area contributed by atoms with Crippen LogP contribution in [0.4, 0.5) is 0 Å². The van der Waals surface area contributed by atoms with Crippen molar-refractivity contribution >= 4 is 5.91 Å². The van der Waals surface area contributed by atoms with Gasteiger partial charge in [-0.3, -0.25) is 4.79 Å². The minimum absolute atomic E-state index is 0.175. The SMILES string of the molecule is CCC1(C(=O)NCCOC)CCCNC1. The first-order valence-electron chi connectivity index (χ1n) is 5.73. The van der Waals surface area contributed by atoms with Gasteiger partial charge in [0.25, 0.3) is 0 Å². The summed E-state index contributed by atoms with van der Waals surface area (Å²) in [4.78, 5) is 12.0. The van der Waals surface area contributed by atoms with Crippen molar-refractivity contribution in [3.8, 4) is 0 Å². The third-order valence-electron chi connectivity index (χ3n) is 3.22. The van der Waals surface area contributed by atoms with E-state index in [0.717, 1.165) is 32.4 Å². The highest BCUT2D eigenvalue weighted by molar-refractivity contribution is 5.83. The molecule has 2 N–H and O–H groups in total. The third-order valence-corrected chi connectivity index (χ3v) is 3.22. The first kappa shape index (κ1) is 12.5. The number of nitrogens with one attached hydrogen (secondary N) is 2. The van der Waals surface area contributed by atoms with Gasteiger partial charge in [0.2, 0.25) is 5.91 Å². The van der Waals surface area contributed by atoms with Crippen molar-refractivity contribution in [3.63, 3.8) is 0 Å². The van der Waals surface area contributed by atoms with Gasteiger partial charge < -0.3 is 15.4 Å². The second kappa shape index (κ2) is 6.08. The standard InChI is InChI=1S/C11H22N2O2/c1-3-11(5-4-6-12-9-11)10(14)13-7-8-15-2/h12H,3-9H2,1-2H3,(H,13,14). The van der Waals surface area contributed by atoms with E-state index >= 15 is 0 Å². The molecule has 1 unspecified atom stereocenters. The molecule has 0 aromatic rings. The van der Waals surface area contributed by atoms with Gasteiger partial charge in [-0.1, -0.05) is 6.92 Å². The van der Waals surface area contributed by atoms with E-state index in [0.29, 0.717) is 13.2 Å². The average molecular weight is 214 g/mol. The van der Waals surface area contributed by atoms with Gasteiger partial charge in [0.1, 0.15) is 0 Å². The summed E-state index contributed by atoms with van der Waals surface area (Å²) in [7, 11) is 1.64. The van der Waals surface area contributed by atoms with Crippen LogP contribution in [-0.4, -0.2) is 39.3 Å². The topological polar surface area (TPSA) is 50.4 Å². The van der Waals surface area contributed by atoms with Crippen molar-refractivity contribution in [2.75, 3.05) is 33.4 Å². The zero-order chi connectivity index (χ0) is 11.1. The maximum Gasteiger partial charge on any atom is 0.227 e. The molecule has 1 amide bonds. The predicted molar refractivity (Wildman–Crippen MR) is 59.7 cm³/mol. The minimum atomic E-state index is -0.189. The Morgan fingerprint density at radius 2 is 2.40 bits per heavy atom. The molecule has 0 radical (unpaired) electrons.